The smallest absolute Gasteiger partial charge is 0.248 e. The van der Waals surface area contributed by atoms with Crippen LogP contribution in [-0.4, -0.2) is 15.5 Å². The first kappa shape index (κ1) is 15.8. The zero-order valence-electron chi connectivity index (χ0n) is 14.8. The lowest BCUT2D eigenvalue weighted by molar-refractivity contribution is 0.100. The number of nitrogens with zero attached hydrogens (tertiary/aromatic N) is 2. The van der Waals surface area contributed by atoms with Crippen molar-refractivity contribution in [3.8, 4) is 11.1 Å². The van der Waals surface area contributed by atoms with Gasteiger partial charge in [-0.15, -0.1) is 0 Å². The van der Waals surface area contributed by atoms with Gasteiger partial charge in [-0.2, -0.15) is 0 Å². The third-order valence-electron chi connectivity index (χ3n) is 5.40. The van der Waals surface area contributed by atoms with Crippen LogP contribution in [-0.2, 0) is 6.42 Å². The Morgan fingerprint density at radius 2 is 1.70 bits per heavy atom. The Labute approximate surface area is 157 Å². The van der Waals surface area contributed by atoms with E-state index in [-0.39, 0.29) is 0 Å². The van der Waals surface area contributed by atoms with Crippen LogP contribution in [0.4, 0.5) is 0 Å². The van der Waals surface area contributed by atoms with Gasteiger partial charge >= 0.3 is 0 Å². The molecule has 2 N–H and O–H groups in total. The lowest BCUT2D eigenvalue weighted by Gasteiger charge is -2.15. The third-order valence-corrected chi connectivity index (χ3v) is 5.40. The second kappa shape index (κ2) is 6.09. The van der Waals surface area contributed by atoms with Crippen molar-refractivity contribution in [1.82, 2.24) is 9.55 Å². The van der Waals surface area contributed by atoms with Gasteiger partial charge in [0, 0.05) is 12.0 Å². The molecule has 0 spiro atoms. The number of aromatic nitrogens is 2. The van der Waals surface area contributed by atoms with Gasteiger partial charge in [0.2, 0.25) is 5.91 Å². The Morgan fingerprint density at radius 3 is 2.44 bits per heavy atom. The summed E-state index contributed by atoms with van der Waals surface area (Å²) in [5.41, 5.74) is 11.6. The van der Waals surface area contributed by atoms with Gasteiger partial charge in [-0.3, -0.25) is 4.79 Å². The zero-order valence-corrected chi connectivity index (χ0v) is 14.8. The number of aryl methyl sites for hydroxylation is 1. The zero-order chi connectivity index (χ0) is 18.4. The van der Waals surface area contributed by atoms with Crippen LogP contribution < -0.4 is 5.73 Å². The number of hydrogen-bond acceptors (Lipinski definition) is 2. The highest BCUT2D eigenvalue weighted by Gasteiger charge is 2.27. The topological polar surface area (TPSA) is 60.9 Å². The van der Waals surface area contributed by atoms with Gasteiger partial charge < -0.3 is 10.3 Å². The summed E-state index contributed by atoms with van der Waals surface area (Å²) in [4.78, 5) is 16.1. The Bertz CT molecular complexity index is 1140. The highest BCUT2D eigenvalue weighted by molar-refractivity contribution is 5.93. The lowest BCUT2D eigenvalue weighted by Crippen LogP contribution is -2.10. The minimum absolute atomic E-state index is 0.332. The number of hydrogen-bond donors (Lipinski definition) is 1. The maximum absolute atomic E-state index is 11.3. The van der Waals surface area contributed by atoms with E-state index in [9.17, 15) is 4.79 Å². The van der Waals surface area contributed by atoms with E-state index in [1.54, 1.807) is 12.1 Å². The molecular weight excluding hydrogens is 334 g/mol. The molecule has 1 aliphatic rings. The summed E-state index contributed by atoms with van der Waals surface area (Å²) in [6.07, 6.45) is 2.08. The summed E-state index contributed by atoms with van der Waals surface area (Å²) in [5, 5.41) is 0. The van der Waals surface area contributed by atoms with Gasteiger partial charge in [0.25, 0.3) is 0 Å². The first-order valence-corrected chi connectivity index (χ1v) is 9.17. The van der Waals surface area contributed by atoms with Gasteiger partial charge in [-0.25, -0.2) is 4.98 Å². The second-order valence-corrected chi connectivity index (χ2v) is 7.01. The Kier molecular flexibility index (Phi) is 3.57. The van der Waals surface area contributed by atoms with Crippen LogP contribution in [0.1, 0.15) is 34.2 Å². The van der Waals surface area contributed by atoms with Crippen molar-refractivity contribution in [2.75, 3.05) is 0 Å². The van der Waals surface area contributed by atoms with Crippen LogP contribution >= 0.6 is 0 Å². The molecule has 4 heteroatoms. The van der Waals surface area contributed by atoms with Crippen LogP contribution in [0.25, 0.3) is 22.2 Å². The third kappa shape index (κ3) is 2.61. The lowest BCUT2D eigenvalue weighted by atomic mass is 10.0. The second-order valence-electron chi connectivity index (χ2n) is 7.01. The molecule has 132 valence electrons. The van der Waals surface area contributed by atoms with Crippen LogP contribution in [0.2, 0.25) is 0 Å². The molecule has 0 fully saturated rings. The minimum atomic E-state index is -0.406. The number of fused-ring (bicyclic) bond motifs is 3. The minimum Gasteiger partial charge on any atom is -0.366 e. The van der Waals surface area contributed by atoms with Crippen LogP contribution in [0.3, 0.4) is 0 Å². The number of carbonyl (C=O) groups excluding carboxylic acids is 1. The fourth-order valence-electron chi connectivity index (χ4n) is 4.06. The fraction of sp³-hybridized carbons (Fsp3) is 0.130. The molecule has 4 nitrogen and oxygen atoms in total. The van der Waals surface area contributed by atoms with Crippen molar-refractivity contribution < 1.29 is 4.79 Å². The number of amides is 1. The van der Waals surface area contributed by atoms with E-state index in [1.807, 2.05) is 12.1 Å². The molecule has 0 saturated heterocycles. The Balaban J connectivity index is 1.61. The molecule has 3 aromatic carbocycles. The highest BCUT2D eigenvalue weighted by Crippen LogP contribution is 2.36. The Morgan fingerprint density at radius 1 is 0.963 bits per heavy atom. The summed E-state index contributed by atoms with van der Waals surface area (Å²) < 4.78 is 2.38. The number of nitrogens with two attached hydrogens (primary N) is 1. The summed E-state index contributed by atoms with van der Waals surface area (Å²) in [5.74, 6) is 0.747. The number of benzene rings is 3. The largest absolute Gasteiger partial charge is 0.366 e. The van der Waals surface area contributed by atoms with Crippen molar-refractivity contribution in [2.45, 2.75) is 18.9 Å². The SMILES string of the molecule is NC(=O)c1ccc(-c2ccc3nc4n(c3c2)C(c2ccccc2)CC4)cc1. The van der Waals surface area contributed by atoms with Crippen molar-refractivity contribution in [3.63, 3.8) is 0 Å². The highest BCUT2D eigenvalue weighted by atomic mass is 16.1. The van der Waals surface area contributed by atoms with Gasteiger partial charge in [0.1, 0.15) is 5.82 Å². The first-order chi connectivity index (χ1) is 13.2. The monoisotopic (exact) mass is 353 g/mol. The summed E-state index contributed by atoms with van der Waals surface area (Å²) in [6, 6.07) is 24.8. The maximum Gasteiger partial charge on any atom is 0.248 e. The molecule has 4 aromatic rings. The van der Waals surface area contributed by atoms with E-state index in [0.717, 1.165) is 40.8 Å². The van der Waals surface area contributed by atoms with E-state index in [2.05, 4.69) is 53.1 Å². The van der Waals surface area contributed by atoms with Crippen LogP contribution in [0.5, 0.6) is 0 Å². The molecule has 0 radical (unpaired) electrons. The predicted octanol–water partition coefficient (Wildman–Crippen LogP) is 4.34. The molecule has 1 amide bonds. The van der Waals surface area contributed by atoms with Crippen molar-refractivity contribution in [3.05, 3.63) is 89.7 Å². The normalized spacial score (nSPS) is 15.8. The molecule has 0 bridgehead atoms. The Hall–Kier alpha value is -3.40. The average Bonchev–Trinajstić information content (AvgIpc) is 3.27. The van der Waals surface area contributed by atoms with E-state index >= 15 is 0 Å². The molecule has 0 saturated carbocycles. The van der Waals surface area contributed by atoms with Crippen LogP contribution in [0.15, 0.2) is 72.8 Å². The quantitative estimate of drug-likeness (QED) is 0.596. The molecule has 5 rings (SSSR count). The van der Waals surface area contributed by atoms with Crippen molar-refractivity contribution in [2.24, 2.45) is 5.73 Å². The number of rotatable bonds is 3. The van der Waals surface area contributed by atoms with E-state index in [4.69, 9.17) is 10.7 Å². The standard InChI is InChI=1S/C23H19N3O/c24-23(27)17-8-6-15(7-9-17)18-10-11-19-21(14-18)26-20(12-13-22(26)25-19)16-4-2-1-3-5-16/h1-11,14,20H,12-13H2,(H2,24,27). The molecule has 1 unspecified atom stereocenters. The number of imidazole rings is 1. The maximum atomic E-state index is 11.3. The molecule has 1 aromatic heterocycles. The molecular formula is C23H19N3O. The van der Waals surface area contributed by atoms with Gasteiger partial charge in [0.15, 0.2) is 0 Å². The predicted molar refractivity (Wildman–Crippen MR) is 107 cm³/mol. The van der Waals surface area contributed by atoms with Crippen LogP contribution in [0, 0.1) is 0 Å². The summed E-state index contributed by atoms with van der Waals surface area (Å²) >= 11 is 0. The fourth-order valence-corrected chi connectivity index (χ4v) is 4.06. The molecule has 1 atom stereocenters. The number of carbonyl (C=O) groups is 1. The van der Waals surface area contributed by atoms with E-state index < -0.39 is 5.91 Å². The van der Waals surface area contributed by atoms with E-state index in [1.165, 1.54) is 5.56 Å². The molecule has 0 aliphatic carbocycles. The first-order valence-electron chi connectivity index (χ1n) is 9.17. The van der Waals surface area contributed by atoms with Gasteiger partial charge in [-0.1, -0.05) is 48.5 Å². The molecule has 1 aliphatic heterocycles. The summed E-state index contributed by atoms with van der Waals surface area (Å²) in [6.45, 7) is 0. The average molecular weight is 353 g/mol. The summed E-state index contributed by atoms with van der Waals surface area (Å²) in [7, 11) is 0. The molecule has 2 heterocycles. The van der Waals surface area contributed by atoms with Crippen molar-refractivity contribution >= 4 is 16.9 Å². The van der Waals surface area contributed by atoms with Crippen molar-refractivity contribution in [1.29, 1.82) is 0 Å². The molecule has 27 heavy (non-hydrogen) atoms. The van der Waals surface area contributed by atoms with Gasteiger partial charge in [0.05, 0.1) is 17.1 Å². The number of primary amides is 1. The van der Waals surface area contributed by atoms with E-state index in [0.29, 0.717) is 11.6 Å². The van der Waals surface area contributed by atoms with Gasteiger partial charge in [-0.05, 0) is 47.4 Å².